The van der Waals surface area contributed by atoms with E-state index in [0.717, 1.165) is 48.6 Å². The first kappa shape index (κ1) is 17.0. The van der Waals surface area contributed by atoms with Crippen molar-refractivity contribution in [1.82, 2.24) is 4.90 Å². The zero-order valence-corrected chi connectivity index (χ0v) is 14.4. The van der Waals surface area contributed by atoms with Gasteiger partial charge >= 0.3 is 0 Å². The third-order valence-electron chi connectivity index (χ3n) is 3.91. The molecular formula is C17H25NO3S. The maximum absolute atomic E-state index is 12.5. The molecule has 22 heavy (non-hydrogen) atoms. The number of rotatable bonds is 7. The van der Waals surface area contributed by atoms with Crippen LogP contribution in [-0.4, -0.2) is 37.3 Å². The first-order chi connectivity index (χ1) is 10.7. The van der Waals surface area contributed by atoms with Crippen molar-refractivity contribution in [2.45, 2.75) is 38.0 Å². The summed E-state index contributed by atoms with van der Waals surface area (Å²) in [5.41, 5.74) is 1.02. The van der Waals surface area contributed by atoms with Gasteiger partial charge in [0.25, 0.3) is 0 Å². The Morgan fingerprint density at radius 2 is 2.14 bits per heavy atom. The summed E-state index contributed by atoms with van der Waals surface area (Å²) in [6.07, 6.45) is 3.85. The number of unbranched alkanes of at least 4 members (excludes halogenated alkanes) is 2. The van der Waals surface area contributed by atoms with Crippen LogP contribution in [0, 0.1) is 0 Å². The minimum absolute atomic E-state index is 0.0270. The molecule has 2 rings (SSSR count). The number of benzene rings is 1. The summed E-state index contributed by atoms with van der Waals surface area (Å²) in [6, 6.07) is 5.77. The third kappa shape index (κ3) is 3.88. The van der Waals surface area contributed by atoms with Crippen LogP contribution in [0.4, 0.5) is 0 Å². The van der Waals surface area contributed by atoms with Crippen LogP contribution in [0.5, 0.6) is 11.5 Å². The number of amides is 1. The molecule has 0 aliphatic carbocycles. The predicted molar refractivity (Wildman–Crippen MR) is 90.6 cm³/mol. The van der Waals surface area contributed by atoms with Crippen molar-refractivity contribution in [2.24, 2.45) is 0 Å². The largest absolute Gasteiger partial charge is 0.497 e. The number of carbonyl (C=O) groups excluding carboxylic acids is 1. The number of ether oxygens (including phenoxy) is 2. The maximum atomic E-state index is 12.5. The number of carbonyl (C=O) groups is 1. The highest BCUT2D eigenvalue weighted by Gasteiger charge is 2.32. The minimum atomic E-state index is 0.0270. The minimum Gasteiger partial charge on any atom is -0.497 e. The smallest absolute Gasteiger partial charge is 0.223 e. The Bertz CT molecular complexity index is 507. The SMILES string of the molecule is CCCCCC(=O)N1CCSC1c1cc(OC)ccc1OC. The van der Waals surface area contributed by atoms with E-state index < -0.39 is 0 Å². The lowest BCUT2D eigenvalue weighted by Gasteiger charge is -2.26. The second-order valence-corrected chi connectivity index (χ2v) is 6.56. The first-order valence-electron chi connectivity index (χ1n) is 7.84. The van der Waals surface area contributed by atoms with Gasteiger partial charge in [-0.25, -0.2) is 0 Å². The lowest BCUT2D eigenvalue weighted by molar-refractivity contribution is -0.131. The molecule has 0 spiro atoms. The zero-order valence-electron chi connectivity index (χ0n) is 13.6. The highest BCUT2D eigenvalue weighted by atomic mass is 32.2. The van der Waals surface area contributed by atoms with Gasteiger partial charge in [0.1, 0.15) is 16.9 Å². The van der Waals surface area contributed by atoms with Crippen molar-refractivity contribution < 1.29 is 14.3 Å². The van der Waals surface area contributed by atoms with E-state index in [0.29, 0.717) is 6.42 Å². The van der Waals surface area contributed by atoms with Gasteiger partial charge in [0.2, 0.25) is 5.91 Å². The van der Waals surface area contributed by atoms with Gasteiger partial charge < -0.3 is 14.4 Å². The fourth-order valence-corrected chi connectivity index (χ4v) is 3.98. The molecule has 122 valence electrons. The monoisotopic (exact) mass is 323 g/mol. The van der Waals surface area contributed by atoms with E-state index in [4.69, 9.17) is 9.47 Å². The summed E-state index contributed by atoms with van der Waals surface area (Å²) in [5, 5.41) is 0.0270. The molecular weight excluding hydrogens is 298 g/mol. The second-order valence-electron chi connectivity index (χ2n) is 5.38. The molecule has 1 aliphatic rings. The van der Waals surface area contributed by atoms with Crippen LogP contribution in [0.3, 0.4) is 0 Å². The average molecular weight is 323 g/mol. The Kier molecular flexibility index (Phi) is 6.43. The molecule has 1 aromatic carbocycles. The molecule has 4 nitrogen and oxygen atoms in total. The van der Waals surface area contributed by atoms with Crippen LogP contribution in [0.1, 0.15) is 43.5 Å². The first-order valence-corrected chi connectivity index (χ1v) is 8.89. The molecule has 0 N–H and O–H groups in total. The van der Waals surface area contributed by atoms with Crippen LogP contribution in [-0.2, 0) is 4.79 Å². The van der Waals surface area contributed by atoms with Crippen molar-refractivity contribution in [3.8, 4) is 11.5 Å². The Balaban J connectivity index is 2.17. The van der Waals surface area contributed by atoms with E-state index in [9.17, 15) is 4.79 Å². The average Bonchev–Trinajstić information content (AvgIpc) is 3.03. The number of hydrogen-bond donors (Lipinski definition) is 0. The van der Waals surface area contributed by atoms with Gasteiger partial charge in [-0.3, -0.25) is 4.79 Å². The molecule has 1 unspecified atom stereocenters. The van der Waals surface area contributed by atoms with Crippen LogP contribution in [0.25, 0.3) is 0 Å². The molecule has 1 aliphatic heterocycles. The standard InChI is InChI=1S/C17H25NO3S/c1-4-5-6-7-16(19)18-10-11-22-17(18)14-12-13(20-2)8-9-15(14)21-3/h8-9,12,17H,4-7,10-11H2,1-3H3. The lowest BCUT2D eigenvalue weighted by atomic mass is 10.1. The van der Waals surface area contributed by atoms with Gasteiger partial charge in [0.05, 0.1) is 14.2 Å². The van der Waals surface area contributed by atoms with Crippen LogP contribution in [0.15, 0.2) is 18.2 Å². The topological polar surface area (TPSA) is 38.8 Å². The number of hydrogen-bond acceptors (Lipinski definition) is 4. The summed E-state index contributed by atoms with van der Waals surface area (Å²) in [5.74, 6) is 2.81. The van der Waals surface area contributed by atoms with Gasteiger partial charge in [-0.05, 0) is 24.6 Å². The maximum Gasteiger partial charge on any atom is 0.223 e. The van der Waals surface area contributed by atoms with Crippen molar-refractivity contribution >= 4 is 17.7 Å². The van der Waals surface area contributed by atoms with Gasteiger partial charge in [-0.15, -0.1) is 11.8 Å². The number of thioether (sulfide) groups is 1. The quantitative estimate of drug-likeness (QED) is 0.714. The Labute approximate surface area is 137 Å². The van der Waals surface area contributed by atoms with Crippen LogP contribution < -0.4 is 9.47 Å². The van der Waals surface area contributed by atoms with Gasteiger partial charge in [0, 0.05) is 24.3 Å². The zero-order chi connectivity index (χ0) is 15.9. The highest BCUT2D eigenvalue weighted by Crippen LogP contribution is 2.43. The number of nitrogens with zero attached hydrogens (tertiary/aromatic N) is 1. The normalized spacial score (nSPS) is 17.6. The Morgan fingerprint density at radius 3 is 2.82 bits per heavy atom. The van der Waals surface area contributed by atoms with E-state index in [1.165, 1.54) is 0 Å². The van der Waals surface area contributed by atoms with Crippen LogP contribution in [0.2, 0.25) is 0 Å². The summed E-state index contributed by atoms with van der Waals surface area (Å²) in [4.78, 5) is 14.5. The van der Waals surface area contributed by atoms with E-state index in [1.807, 2.05) is 23.1 Å². The second kappa shape index (κ2) is 8.32. The molecule has 0 radical (unpaired) electrons. The summed E-state index contributed by atoms with van der Waals surface area (Å²) < 4.78 is 10.8. The van der Waals surface area contributed by atoms with Crippen molar-refractivity contribution in [2.75, 3.05) is 26.5 Å². The summed E-state index contributed by atoms with van der Waals surface area (Å²) in [7, 11) is 3.32. The molecule has 1 fully saturated rings. The van der Waals surface area contributed by atoms with Gasteiger partial charge in [-0.2, -0.15) is 0 Å². The van der Waals surface area contributed by atoms with Crippen molar-refractivity contribution in [3.05, 3.63) is 23.8 Å². The fourth-order valence-electron chi connectivity index (χ4n) is 2.69. The third-order valence-corrected chi connectivity index (χ3v) is 5.15. The Hall–Kier alpha value is -1.36. The molecule has 1 aromatic rings. The highest BCUT2D eigenvalue weighted by molar-refractivity contribution is 7.99. The van der Waals surface area contributed by atoms with E-state index in [1.54, 1.807) is 26.0 Å². The van der Waals surface area contributed by atoms with Gasteiger partial charge in [0.15, 0.2) is 0 Å². The molecule has 0 saturated carbocycles. The molecule has 1 amide bonds. The van der Waals surface area contributed by atoms with Crippen molar-refractivity contribution in [3.63, 3.8) is 0 Å². The number of methoxy groups -OCH3 is 2. The summed E-state index contributed by atoms with van der Waals surface area (Å²) in [6.45, 7) is 2.96. The van der Waals surface area contributed by atoms with E-state index >= 15 is 0 Å². The van der Waals surface area contributed by atoms with Crippen LogP contribution >= 0.6 is 11.8 Å². The van der Waals surface area contributed by atoms with E-state index in [2.05, 4.69) is 6.92 Å². The lowest BCUT2D eigenvalue weighted by Crippen LogP contribution is -2.30. The molecule has 1 saturated heterocycles. The van der Waals surface area contributed by atoms with E-state index in [-0.39, 0.29) is 11.3 Å². The molecule has 1 atom stereocenters. The van der Waals surface area contributed by atoms with Crippen molar-refractivity contribution in [1.29, 1.82) is 0 Å². The summed E-state index contributed by atoms with van der Waals surface area (Å²) >= 11 is 1.79. The molecule has 5 heteroatoms. The predicted octanol–water partition coefficient (Wildman–Crippen LogP) is 3.86. The molecule has 0 aromatic heterocycles. The Morgan fingerprint density at radius 1 is 1.32 bits per heavy atom. The molecule has 1 heterocycles. The molecule has 0 bridgehead atoms. The van der Waals surface area contributed by atoms with Gasteiger partial charge in [-0.1, -0.05) is 19.8 Å². The fraction of sp³-hybridized carbons (Fsp3) is 0.588.